The van der Waals surface area contributed by atoms with Crippen molar-refractivity contribution in [1.29, 1.82) is 0 Å². The van der Waals surface area contributed by atoms with Crippen LogP contribution in [0.2, 0.25) is 0 Å². The molecule has 1 heterocycles. The highest BCUT2D eigenvalue weighted by molar-refractivity contribution is 7.91. The van der Waals surface area contributed by atoms with Crippen LogP contribution in [0.5, 0.6) is 0 Å². The molecule has 118 valence electrons. The van der Waals surface area contributed by atoms with Crippen molar-refractivity contribution < 1.29 is 32.4 Å². The Morgan fingerprint density at radius 3 is 2.27 bits per heavy atom. The summed E-state index contributed by atoms with van der Waals surface area (Å²) >= 11 is 0. The third kappa shape index (κ3) is 3.82. The van der Waals surface area contributed by atoms with Crippen LogP contribution in [-0.2, 0) is 29.0 Å². The van der Waals surface area contributed by atoms with Crippen LogP contribution in [0.1, 0.15) is 12.8 Å². The molecule has 0 aromatic heterocycles. The molecule has 1 aliphatic heterocycles. The Morgan fingerprint density at radius 1 is 1.09 bits per heavy atom. The minimum atomic E-state index is -3.58. The number of hydroxylamine groups is 2. The fourth-order valence-corrected chi connectivity index (χ4v) is 2.85. The fourth-order valence-electron chi connectivity index (χ4n) is 1.74. The summed E-state index contributed by atoms with van der Waals surface area (Å²) in [5.41, 5.74) is 0. The second-order valence-electron chi connectivity index (χ2n) is 4.40. The first-order valence-corrected chi connectivity index (χ1v) is 8.04. The standard InChI is InChI=1S/C13H13NO7S/c15-11-6-7-12(16)14(11)21-13(17)20-8-9-22(18,19)10-4-2-1-3-5-10/h1-5H,6-9H2. The Kier molecular flexibility index (Phi) is 4.76. The molecule has 0 aliphatic carbocycles. The molecule has 2 amide bonds. The Labute approximate surface area is 126 Å². The zero-order valence-corrected chi connectivity index (χ0v) is 12.2. The van der Waals surface area contributed by atoms with Crippen LogP contribution < -0.4 is 0 Å². The number of benzene rings is 1. The highest BCUT2D eigenvalue weighted by Gasteiger charge is 2.33. The molecule has 2 rings (SSSR count). The number of ether oxygens (including phenoxy) is 1. The number of carbonyl (C=O) groups excluding carboxylic acids is 3. The molecule has 1 saturated heterocycles. The average Bonchev–Trinajstić information content (AvgIpc) is 2.80. The molecule has 1 aromatic rings. The predicted octanol–water partition coefficient (Wildman–Crippen LogP) is 0.677. The van der Waals surface area contributed by atoms with Crippen LogP contribution in [0.15, 0.2) is 35.2 Å². The van der Waals surface area contributed by atoms with Crippen molar-refractivity contribution in [2.75, 3.05) is 12.4 Å². The Morgan fingerprint density at radius 2 is 1.68 bits per heavy atom. The predicted molar refractivity (Wildman–Crippen MR) is 72.0 cm³/mol. The summed E-state index contributed by atoms with van der Waals surface area (Å²) in [5.74, 6) is -1.72. The van der Waals surface area contributed by atoms with Crippen molar-refractivity contribution in [2.24, 2.45) is 0 Å². The van der Waals surface area contributed by atoms with Crippen LogP contribution in [-0.4, -0.2) is 43.8 Å². The van der Waals surface area contributed by atoms with Gasteiger partial charge in [0.25, 0.3) is 11.8 Å². The quantitative estimate of drug-likeness (QED) is 0.578. The van der Waals surface area contributed by atoms with Gasteiger partial charge in [-0.05, 0) is 12.1 Å². The van der Waals surface area contributed by atoms with E-state index in [9.17, 15) is 22.8 Å². The van der Waals surface area contributed by atoms with E-state index in [0.29, 0.717) is 5.06 Å². The van der Waals surface area contributed by atoms with Gasteiger partial charge in [0, 0.05) is 12.8 Å². The first kappa shape index (κ1) is 16.0. The third-order valence-corrected chi connectivity index (χ3v) is 4.54. The SMILES string of the molecule is O=C(OCCS(=O)(=O)c1ccccc1)ON1C(=O)CCC1=O. The molecule has 22 heavy (non-hydrogen) atoms. The molecule has 8 nitrogen and oxygen atoms in total. The van der Waals surface area contributed by atoms with E-state index < -0.39 is 40.2 Å². The maximum atomic E-state index is 11.9. The van der Waals surface area contributed by atoms with Crippen molar-refractivity contribution in [1.82, 2.24) is 5.06 Å². The van der Waals surface area contributed by atoms with E-state index in [1.165, 1.54) is 12.1 Å². The molecule has 1 aromatic carbocycles. The van der Waals surface area contributed by atoms with Crippen LogP contribution in [0, 0.1) is 0 Å². The lowest BCUT2D eigenvalue weighted by Gasteiger charge is -2.12. The number of amides is 2. The zero-order valence-electron chi connectivity index (χ0n) is 11.4. The van der Waals surface area contributed by atoms with Crippen LogP contribution in [0.4, 0.5) is 4.79 Å². The first-order valence-electron chi connectivity index (χ1n) is 6.38. The minimum absolute atomic E-state index is 0.0332. The summed E-state index contributed by atoms with van der Waals surface area (Å²) in [5, 5.41) is 0.327. The number of rotatable bonds is 5. The van der Waals surface area contributed by atoms with E-state index in [0.717, 1.165) is 0 Å². The number of hydrogen-bond acceptors (Lipinski definition) is 7. The molecule has 9 heteroatoms. The van der Waals surface area contributed by atoms with Crippen LogP contribution >= 0.6 is 0 Å². The monoisotopic (exact) mass is 327 g/mol. The highest BCUT2D eigenvalue weighted by atomic mass is 32.2. The summed E-state index contributed by atoms with van der Waals surface area (Å²) < 4.78 is 28.4. The topological polar surface area (TPSA) is 107 Å². The summed E-state index contributed by atoms with van der Waals surface area (Å²) in [6.07, 6.45) is -1.37. The molecule has 0 spiro atoms. The molecule has 1 aliphatic rings. The maximum Gasteiger partial charge on any atom is 0.533 e. The minimum Gasteiger partial charge on any atom is -0.432 e. The van der Waals surface area contributed by atoms with E-state index in [-0.39, 0.29) is 17.7 Å². The van der Waals surface area contributed by atoms with Crippen molar-refractivity contribution in [2.45, 2.75) is 17.7 Å². The van der Waals surface area contributed by atoms with Crippen molar-refractivity contribution in [3.63, 3.8) is 0 Å². The average molecular weight is 327 g/mol. The van der Waals surface area contributed by atoms with Crippen molar-refractivity contribution >= 4 is 27.8 Å². The Bertz CT molecular complexity index is 668. The second-order valence-corrected chi connectivity index (χ2v) is 6.51. The third-order valence-electron chi connectivity index (χ3n) is 2.85. The molecule has 0 N–H and O–H groups in total. The van der Waals surface area contributed by atoms with Crippen molar-refractivity contribution in [3.8, 4) is 0 Å². The fraction of sp³-hybridized carbons (Fsp3) is 0.308. The van der Waals surface area contributed by atoms with E-state index in [1.807, 2.05) is 0 Å². The number of sulfone groups is 1. The summed E-state index contributed by atoms with van der Waals surface area (Å²) in [6.45, 7) is -0.452. The van der Waals surface area contributed by atoms with Gasteiger partial charge in [-0.25, -0.2) is 13.2 Å². The summed E-state index contributed by atoms with van der Waals surface area (Å²) in [6, 6.07) is 7.68. The van der Waals surface area contributed by atoms with Gasteiger partial charge in [0.15, 0.2) is 9.84 Å². The second kappa shape index (κ2) is 6.56. The van der Waals surface area contributed by atoms with E-state index in [1.54, 1.807) is 18.2 Å². The largest absolute Gasteiger partial charge is 0.533 e. The van der Waals surface area contributed by atoms with Gasteiger partial charge < -0.3 is 4.74 Å². The van der Waals surface area contributed by atoms with Gasteiger partial charge >= 0.3 is 6.16 Å². The van der Waals surface area contributed by atoms with Gasteiger partial charge in [-0.3, -0.25) is 14.4 Å². The molecule has 0 radical (unpaired) electrons. The molecular weight excluding hydrogens is 314 g/mol. The molecule has 1 fully saturated rings. The van der Waals surface area contributed by atoms with E-state index in [2.05, 4.69) is 9.57 Å². The van der Waals surface area contributed by atoms with Gasteiger partial charge in [-0.2, -0.15) is 0 Å². The van der Waals surface area contributed by atoms with Gasteiger partial charge in [-0.15, -0.1) is 0 Å². The van der Waals surface area contributed by atoms with Gasteiger partial charge in [0.2, 0.25) is 0 Å². The Hall–Kier alpha value is -2.42. The maximum absolute atomic E-state index is 11.9. The number of nitrogens with zero attached hydrogens (tertiary/aromatic N) is 1. The van der Waals surface area contributed by atoms with Gasteiger partial charge in [0.05, 0.1) is 10.6 Å². The number of carbonyl (C=O) groups is 3. The first-order chi connectivity index (χ1) is 10.4. The molecule has 0 atom stereocenters. The van der Waals surface area contributed by atoms with Crippen LogP contribution in [0.25, 0.3) is 0 Å². The number of imide groups is 1. The lowest BCUT2D eigenvalue weighted by Crippen LogP contribution is -2.32. The van der Waals surface area contributed by atoms with Crippen molar-refractivity contribution in [3.05, 3.63) is 30.3 Å². The van der Waals surface area contributed by atoms with E-state index >= 15 is 0 Å². The smallest absolute Gasteiger partial charge is 0.432 e. The summed E-state index contributed by atoms with van der Waals surface area (Å²) in [7, 11) is -3.58. The molecular formula is C13H13NO7S. The van der Waals surface area contributed by atoms with E-state index in [4.69, 9.17) is 0 Å². The lowest BCUT2D eigenvalue weighted by atomic mass is 10.4. The van der Waals surface area contributed by atoms with Crippen LogP contribution in [0.3, 0.4) is 0 Å². The highest BCUT2D eigenvalue weighted by Crippen LogP contribution is 2.13. The Balaban J connectivity index is 1.82. The summed E-state index contributed by atoms with van der Waals surface area (Å²) in [4.78, 5) is 38.3. The zero-order chi connectivity index (χ0) is 16.2. The molecule has 0 bridgehead atoms. The number of hydrogen-bond donors (Lipinski definition) is 0. The molecule has 0 unspecified atom stereocenters. The lowest BCUT2D eigenvalue weighted by molar-refractivity contribution is -0.176. The molecule has 0 saturated carbocycles. The van der Waals surface area contributed by atoms with Gasteiger partial charge in [-0.1, -0.05) is 23.3 Å². The normalized spacial score (nSPS) is 15.0. The van der Waals surface area contributed by atoms with Gasteiger partial charge in [0.1, 0.15) is 6.61 Å².